The Morgan fingerprint density at radius 2 is 1.53 bits per heavy atom. The summed E-state index contributed by atoms with van der Waals surface area (Å²) in [5.74, 6) is 0. The molecule has 8 nitrogen and oxygen atoms in total. The molecule has 0 atom stereocenters. The van der Waals surface area contributed by atoms with Gasteiger partial charge < -0.3 is 29.6 Å². The van der Waals surface area contributed by atoms with Crippen molar-refractivity contribution in [1.29, 1.82) is 0 Å². The summed E-state index contributed by atoms with van der Waals surface area (Å²) in [7, 11) is 0. The first-order valence-electron chi connectivity index (χ1n) is 12.2. The molecule has 2 N–H and O–H groups in total. The molecule has 2 aromatic carbocycles. The molecule has 0 spiro atoms. The molecule has 3 aromatic rings. The lowest BCUT2D eigenvalue weighted by Crippen LogP contribution is -2.34. The van der Waals surface area contributed by atoms with Crippen LogP contribution in [0.15, 0.2) is 42.5 Å². The zero-order valence-electron chi connectivity index (χ0n) is 21.6. The molecule has 1 aromatic heterocycles. The Labute approximate surface area is 217 Å². The summed E-state index contributed by atoms with van der Waals surface area (Å²) < 4.78 is 22.9. The number of fused-ring (bicyclic) bond motifs is 1. The topological polar surface area (TPSA) is 90.9 Å². The highest BCUT2D eigenvalue weighted by Gasteiger charge is 2.15. The van der Waals surface area contributed by atoms with E-state index in [0.717, 1.165) is 21.8 Å². The number of aryl methyl sites for hydroxylation is 1. The number of alkyl carbamates (subject to hydrolysis) is 1. The van der Waals surface area contributed by atoms with E-state index in [9.17, 15) is 4.79 Å². The molecule has 0 saturated heterocycles. The van der Waals surface area contributed by atoms with Crippen LogP contribution in [-0.4, -0.2) is 69.4 Å². The van der Waals surface area contributed by atoms with Crippen LogP contribution in [-0.2, 0) is 18.9 Å². The van der Waals surface area contributed by atoms with Crippen LogP contribution in [0.2, 0.25) is 0 Å². The first-order chi connectivity index (χ1) is 17.3. The average Bonchev–Trinajstić information content (AvgIpc) is 3.24. The molecule has 0 unspecified atom stereocenters. The summed E-state index contributed by atoms with van der Waals surface area (Å²) >= 11 is 1.72. The molecule has 0 aliphatic rings. The van der Waals surface area contributed by atoms with Crippen molar-refractivity contribution in [2.45, 2.75) is 33.3 Å². The molecular formula is C27H37N3O5S. The first-order valence-corrected chi connectivity index (χ1v) is 13.0. The molecule has 1 amide bonds. The number of anilines is 1. The van der Waals surface area contributed by atoms with E-state index in [0.29, 0.717) is 52.7 Å². The predicted molar refractivity (Wildman–Crippen MR) is 145 cm³/mol. The number of carbonyl (C=O) groups excluding carboxylic acids is 1. The molecule has 0 aliphatic carbocycles. The molecule has 0 aliphatic heterocycles. The Kier molecular flexibility index (Phi) is 10.9. The first kappa shape index (κ1) is 27.9. The second kappa shape index (κ2) is 14.1. The van der Waals surface area contributed by atoms with Crippen LogP contribution in [0.5, 0.6) is 0 Å². The van der Waals surface area contributed by atoms with Crippen LogP contribution in [0.25, 0.3) is 20.8 Å². The van der Waals surface area contributed by atoms with Gasteiger partial charge >= 0.3 is 6.09 Å². The van der Waals surface area contributed by atoms with Crippen molar-refractivity contribution in [3.8, 4) is 10.6 Å². The molecule has 0 radical (unpaired) electrons. The third-order valence-corrected chi connectivity index (χ3v) is 5.98. The van der Waals surface area contributed by atoms with Gasteiger partial charge in [-0.05, 0) is 69.7 Å². The Hall–Kier alpha value is -2.72. The second-order valence-corrected chi connectivity index (χ2v) is 10.3. The van der Waals surface area contributed by atoms with Crippen molar-refractivity contribution in [2.24, 2.45) is 0 Å². The van der Waals surface area contributed by atoms with Gasteiger partial charge in [-0.2, -0.15) is 0 Å². The lowest BCUT2D eigenvalue weighted by molar-refractivity contribution is 0.0157. The highest BCUT2D eigenvalue weighted by Crippen LogP contribution is 2.31. The fourth-order valence-corrected chi connectivity index (χ4v) is 4.30. The highest BCUT2D eigenvalue weighted by atomic mass is 32.1. The standard InChI is InChI=1S/C27H37N3O5S/c1-20-5-10-23-24(19-20)36-25(30-23)21-6-8-22(9-7-21)28-11-13-32-15-17-34-18-16-33-14-12-29-26(31)35-27(2,3)4/h5-10,19,28H,11-18H2,1-4H3,(H,29,31). The van der Waals surface area contributed by atoms with Crippen LogP contribution in [0.3, 0.4) is 0 Å². The molecule has 1 heterocycles. The predicted octanol–water partition coefficient (Wildman–Crippen LogP) is 5.26. The van der Waals surface area contributed by atoms with Crippen molar-refractivity contribution < 1.29 is 23.7 Å². The van der Waals surface area contributed by atoms with Gasteiger partial charge in [-0.25, -0.2) is 9.78 Å². The molecule has 196 valence electrons. The zero-order chi connectivity index (χ0) is 25.8. The minimum atomic E-state index is -0.500. The number of amides is 1. The van der Waals surface area contributed by atoms with E-state index in [-0.39, 0.29) is 0 Å². The van der Waals surface area contributed by atoms with E-state index in [4.69, 9.17) is 23.9 Å². The van der Waals surface area contributed by atoms with Gasteiger partial charge in [0.25, 0.3) is 0 Å². The average molecular weight is 516 g/mol. The Bertz CT molecular complexity index is 1080. The SMILES string of the molecule is Cc1ccc2nc(-c3ccc(NCCOCCOCCOCCNC(=O)OC(C)(C)C)cc3)sc2c1. The summed E-state index contributed by atoms with van der Waals surface area (Å²) in [5, 5.41) is 7.05. The van der Waals surface area contributed by atoms with Crippen molar-refractivity contribution in [3.63, 3.8) is 0 Å². The van der Waals surface area contributed by atoms with Crippen molar-refractivity contribution in [3.05, 3.63) is 48.0 Å². The minimum absolute atomic E-state index is 0.398. The van der Waals surface area contributed by atoms with Gasteiger partial charge in [-0.1, -0.05) is 6.07 Å². The van der Waals surface area contributed by atoms with Crippen molar-refractivity contribution in [2.75, 3.05) is 58.0 Å². The molecule has 0 saturated carbocycles. The quantitative estimate of drug-likeness (QED) is 0.283. The third kappa shape index (κ3) is 10.1. The maximum atomic E-state index is 11.5. The van der Waals surface area contributed by atoms with Crippen molar-refractivity contribution >= 4 is 33.3 Å². The minimum Gasteiger partial charge on any atom is -0.444 e. The van der Waals surface area contributed by atoms with Gasteiger partial charge in [-0.3, -0.25) is 0 Å². The molecular weight excluding hydrogens is 478 g/mol. The lowest BCUT2D eigenvalue weighted by atomic mass is 10.2. The summed E-state index contributed by atoms with van der Waals surface area (Å²) in [4.78, 5) is 16.2. The van der Waals surface area contributed by atoms with E-state index in [2.05, 4.69) is 60.0 Å². The van der Waals surface area contributed by atoms with Gasteiger partial charge in [-0.15, -0.1) is 11.3 Å². The lowest BCUT2D eigenvalue weighted by Gasteiger charge is -2.19. The van der Waals surface area contributed by atoms with Gasteiger partial charge in [0.2, 0.25) is 0 Å². The summed E-state index contributed by atoms with van der Waals surface area (Å²) in [6.07, 6.45) is -0.439. The van der Waals surface area contributed by atoms with Gasteiger partial charge in [0.1, 0.15) is 10.6 Å². The number of hydrogen-bond donors (Lipinski definition) is 2. The number of thiazole rings is 1. The Morgan fingerprint density at radius 1 is 0.889 bits per heavy atom. The number of nitrogens with zero attached hydrogens (tertiary/aromatic N) is 1. The second-order valence-electron chi connectivity index (χ2n) is 9.26. The van der Waals surface area contributed by atoms with Crippen LogP contribution in [0, 0.1) is 6.92 Å². The molecule has 9 heteroatoms. The highest BCUT2D eigenvalue weighted by molar-refractivity contribution is 7.21. The zero-order valence-corrected chi connectivity index (χ0v) is 22.4. The van der Waals surface area contributed by atoms with E-state index >= 15 is 0 Å². The number of hydrogen-bond acceptors (Lipinski definition) is 8. The molecule has 0 bridgehead atoms. The molecule has 36 heavy (non-hydrogen) atoms. The van der Waals surface area contributed by atoms with Gasteiger partial charge in [0.15, 0.2) is 0 Å². The maximum absolute atomic E-state index is 11.5. The van der Waals surface area contributed by atoms with Crippen LogP contribution >= 0.6 is 11.3 Å². The van der Waals surface area contributed by atoms with Gasteiger partial charge in [0, 0.05) is 24.3 Å². The van der Waals surface area contributed by atoms with Crippen LogP contribution in [0.4, 0.5) is 10.5 Å². The van der Waals surface area contributed by atoms with E-state index in [1.54, 1.807) is 11.3 Å². The molecule has 0 fully saturated rings. The summed E-state index contributed by atoms with van der Waals surface area (Å²) in [5.41, 5.74) is 3.97. The summed E-state index contributed by atoms with van der Waals surface area (Å²) in [6.45, 7) is 11.7. The number of carbonyl (C=O) groups is 1. The summed E-state index contributed by atoms with van der Waals surface area (Å²) in [6, 6.07) is 14.7. The fourth-order valence-electron chi connectivity index (χ4n) is 3.23. The monoisotopic (exact) mass is 515 g/mol. The number of rotatable bonds is 14. The van der Waals surface area contributed by atoms with E-state index < -0.39 is 11.7 Å². The molecule has 3 rings (SSSR count). The number of nitrogens with one attached hydrogen (secondary N) is 2. The normalized spacial score (nSPS) is 11.6. The van der Waals surface area contributed by atoms with Crippen LogP contribution in [0.1, 0.15) is 26.3 Å². The maximum Gasteiger partial charge on any atom is 0.407 e. The fraction of sp³-hybridized carbons (Fsp3) is 0.481. The van der Waals surface area contributed by atoms with E-state index in [1.807, 2.05) is 20.8 Å². The third-order valence-electron chi connectivity index (χ3n) is 4.91. The number of benzene rings is 2. The number of ether oxygens (including phenoxy) is 4. The smallest absolute Gasteiger partial charge is 0.407 e. The van der Waals surface area contributed by atoms with Crippen LogP contribution < -0.4 is 10.6 Å². The largest absolute Gasteiger partial charge is 0.444 e. The number of aromatic nitrogens is 1. The van der Waals surface area contributed by atoms with E-state index in [1.165, 1.54) is 10.3 Å². The van der Waals surface area contributed by atoms with Gasteiger partial charge in [0.05, 0.1) is 49.9 Å². The Morgan fingerprint density at radius 3 is 2.19 bits per heavy atom. The Balaban J connectivity index is 1.18. The van der Waals surface area contributed by atoms with Crippen molar-refractivity contribution in [1.82, 2.24) is 10.3 Å².